The Morgan fingerprint density at radius 1 is 1.14 bits per heavy atom. The van der Waals surface area contributed by atoms with Gasteiger partial charge in [0.25, 0.3) is 0 Å². The number of halogens is 1. The van der Waals surface area contributed by atoms with E-state index in [1.165, 1.54) is 0 Å². The summed E-state index contributed by atoms with van der Waals surface area (Å²) >= 11 is 0. The van der Waals surface area contributed by atoms with Crippen molar-refractivity contribution in [2.45, 2.75) is 18.0 Å². The smallest absolute Gasteiger partial charge is 0.330 e. The third-order valence-corrected chi connectivity index (χ3v) is 5.39. The van der Waals surface area contributed by atoms with Crippen molar-refractivity contribution >= 4 is 15.2 Å². The lowest BCUT2D eigenvalue weighted by Crippen LogP contribution is -2.24. The molecule has 0 unspecified atom stereocenters. The van der Waals surface area contributed by atoms with Gasteiger partial charge in [-0.3, -0.25) is 9.13 Å². The average molecular weight is 251 g/mol. The molecule has 10 heteroatoms. The second-order valence-corrected chi connectivity index (χ2v) is 6.65. The Morgan fingerprint density at radius 2 is 1.50 bits per heavy atom. The minimum absolute atomic E-state index is 0.119. The highest BCUT2D eigenvalue weighted by Crippen LogP contribution is 2.71. The summed E-state index contributed by atoms with van der Waals surface area (Å²) in [6.45, 7) is -0.119. The molecule has 0 aromatic carbocycles. The molecular formula is C4H12FNO6P2. The number of alkyl halides is 1. The number of nitrogens with two attached hydrogens (primary N) is 1. The van der Waals surface area contributed by atoms with Crippen LogP contribution in [-0.4, -0.2) is 31.3 Å². The molecule has 0 amide bonds. The lowest BCUT2D eigenvalue weighted by atomic mass is 10.3. The molecular weight excluding hydrogens is 239 g/mol. The molecule has 0 aliphatic heterocycles. The maximum absolute atomic E-state index is 13.4. The van der Waals surface area contributed by atoms with Crippen molar-refractivity contribution in [3.63, 3.8) is 0 Å². The third-order valence-electron chi connectivity index (χ3n) is 1.59. The monoisotopic (exact) mass is 251 g/mol. The van der Waals surface area contributed by atoms with Crippen LogP contribution in [0.5, 0.6) is 0 Å². The highest BCUT2D eigenvalue weighted by Gasteiger charge is 2.60. The Labute approximate surface area is 79.4 Å². The fourth-order valence-electron chi connectivity index (χ4n) is 0.788. The summed E-state index contributed by atoms with van der Waals surface area (Å²) in [5.74, 6) is 0. The van der Waals surface area contributed by atoms with Crippen LogP contribution >= 0.6 is 15.2 Å². The van der Waals surface area contributed by atoms with E-state index in [0.29, 0.717) is 0 Å². The zero-order chi connectivity index (χ0) is 11.6. The van der Waals surface area contributed by atoms with Crippen molar-refractivity contribution in [2.75, 3.05) is 6.54 Å². The Morgan fingerprint density at radius 3 is 1.71 bits per heavy atom. The summed E-state index contributed by atoms with van der Waals surface area (Å²) in [5.41, 5.74) is 4.95. The maximum atomic E-state index is 13.4. The largest absolute Gasteiger partial charge is 0.375 e. The van der Waals surface area contributed by atoms with E-state index in [-0.39, 0.29) is 13.0 Å². The molecule has 0 saturated carbocycles. The van der Waals surface area contributed by atoms with Gasteiger partial charge in [-0.05, 0) is 13.0 Å². The van der Waals surface area contributed by atoms with Gasteiger partial charge in [0.05, 0.1) is 0 Å². The minimum Gasteiger partial charge on any atom is -0.330 e. The molecule has 86 valence electrons. The SMILES string of the molecule is NCCCC(F)(P(=O)(O)O)P(=O)(O)O. The molecule has 0 aromatic heterocycles. The van der Waals surface area contributed by atoms with E-state index in [4.69, 9.17) is 25.3 Å². The van der Waals surface area contributed by atoms with Gasteiger partial charge >= 0.3 is 20.3 Å². The first-order chi connectivity index (χ1) is 6.06. The van der Waals surface area contributed by atoms with Gasteiger partial charge in [-0.15, -0.1) is 0 Å². The molecule has 0 aliphatic carbocycles. The minimum atomic E-state index is -5.52. The lowest BCUT2D eigenvalue weighted by Gasteiger charge is -2.26. The van der Waals surface area contributed by atoms with Crippen molar-refractivity contribution in [3.05, 3.63) is 0 Å². The normalized spacial score (nSPS) is 14.4. The second-order valence-electron chi connectivity index (χ2n) is 2.70. The standard InChI is InChI=1S/C4H12FNO6P2/c5-4(2-1-3-6,13(7,8)9)14(10,11)12/h1-3,6H2,(H2,7,8,9)(H2,10,11,12). The summed E-state index contributed by atoms with van der Waals surface area (Å²) in [6, 6.07) is 0. The van der Waals surface area contributed by atoms with Gasteiger partial charge in [0.1, 0.15) is 0 Å². The van der Waals surface area contributed by atoms with Crippen LogP contribution in [0.25, 0.3) is 0 Å². The summed E-state index contributed by atoms with van der Waals surface area (Å²) in [6.07, 6.45) is -1.20. The van der Waals surface area contributed by atoms with E-state index in [0.717, 1.165) is 0 Å². The van der Waals surface area contributed by atoms with Crippen LogP contribution in [0, 0.1) is 0 Å². The second kappa shape index (κ2) is 4.37. The molecule has 0 atom stereocenters. The van der Waals surface area contributed by atoms with Crippen molar-refractivity contribution < 1.29 is 33.1 Å². The Balaban J connectivity index is 5.08. The van der Waals surface area contributed by atoms with Crippen molar-refractivity contribution in [1.29, 1.82) is 0 Å². The maximum Gasteiger partial charge on any atom is 0.375 e. The Bertz CT molecular complexity index is 262. The molecule has 0 radical (unpaired) electrons. The first kappa shape index (κ1) is 14.2. The predicted molar refractivity (Wildman–Crippen MR) is 46.2 cm³/mol. The van der Waals surface area contributed by atoms with Crippen molar-refractivity contribution in [1.82, 2.24) is 0 Å². The van der Waals surface area contributed by atoms with Gasteiger partial charge in [0.2, 0.25) is 0 Å². The summed E-state index contributed by atoms with van der Waals surface area (Å²) in [7, 11) is -11.0. The highest BCUT2D eigenvalue weighted by atomic mass is 31.2. The van der Waals surface area contributed by atoms with E-state index in [9.17, 15) is 13.5 Å². The first-order valence-corrected chi connectivity index (χ1v) is 6.79. The number of rotatable bonds is 5. The van der Waals surface area contributed by atoms with Crippen LogP contribution in [0.15, 0.2) is 0 Å². The molecule has 14 heavy (non-hydrogen) atoms. The molecule has 0 aromatic rings. The van der Waals surface area contributed by atoms with Crippen LogP contribution < -0.4 is 5.73 Å². The molecule has 0 aliphatic rings. The van der Waals surface area contributed by atoms with Crippen molar-refractivity contribution in [3.8, 4) is 0 Å². The highest BCUT2D eigenvalue weighted by molar-refractivity contribution is 7.72. The van der Waals surface area contributed by atoms with Crippen LogP contribution in [0.3, 0.4) is 0 Å². The molecule has 6 N–H and O–H groups in total. The van der Waals surface area contributed by atoms with Gasteiger partial charge in [-0.25, -0.2) is 4.39 Å². The van der Waals surface area contributed by atoms with E-state index in [2.05, 4.69) is 0 Å². The van der Waals surface area contributed by atoms with E-state index >= 15 is 0 Å². The molecule has 0 rings (SSSR count). The van der Waals surface area contributed by atoms with Crippen LogP contribution in [-0.2, 0) is 9.13 Å². The molecule has 0 saturated heterocycles. The summed E-state index contributed by atoms with van der Waals surface area (Å²) in [5, 5.41) is -3.82. The van der Waals surface area contributed by atoms with Gasteiger partial charge in [0, 0.05) is 6.42 Å². The quantitative estimate of drug-likeness (QED) is 0.422. The van der Waals surface area contributed by atoms with Crippen LogP contribution in [0.1, 0.15) is 12.8 Å². The lowest BCUT2D eigenvalue weighted by molar-refractivity contribution is 0.212. The zero-order valence-corrected chi connectivity index (χ0v) is 8.87. The fraction of sp³-hybridized carbons (Fsp3) is 1.00. The fourth-order valence-corrected chi connectivity index (χ4v) is 3.04. The summed E-state index contributed by atoms with van der Waals surface area (Å²) < 4.78 is 34.6. The van der Waals surface area contributed by atoms with Gasteiger partial charge in [-0.1, -0.05) is 0 Å². The first-order valence-electron chi connectivity index (χ1n) is 3.56. The van der Waals surface area contributed by atoms with Gasteiger partial charge < -0.3 is 25.3 Å². The van der Waals surface area contributed by atoms with Crippen molar-refractivity contribution in [2.24, 2.45) is 5.73 Å². The topological polar surface area (TPSA) is 141 Å². The zero-order valence-electron chi connectivity index (χ0n) is 7.08. The molecule has 0 bridgehead atoms. The molecule has 7 nitrogen and oxygen atoms in total. The summed E-state index contributed by atoms with van der Waals surface area (Å²) in [4.78, 5) is 34.0. The number of hydrogen-bond donors (Lipinski definition) is 5. The molecule has 0 fully saturated rings. The van der Waals surface area contributed by atoms with E-state index in [1.807, 2.05) is 0 Å². The predicted octanol–water partition coefficient (Wildman–Crippen LogP) is -0.296. The average Bonchev–Trinajstić information content (AvgIpc) is 1.95. The Hall–Kier alpha value is 0.190. The Kier molecular flexibility index (Phi) is 4.42. The van der Waals surface area contributed by atoms with E-state index in [1.54, 1.807) is 0 Å². The van der Waals surface area contributed by atoms with Gasteiger partial charge in [0.15, 0.2) is 0 Å². The molecule has 0 heterocycles. The third kappa shape index (κ3) is 2.84. The van der Waals surface area contributed by atoms with Gasteiger partial charge in [-0.2, -0.15) is 0 Å². The van der Waals surface area contributed by atoms with E-state index < -0.39 is 26.8 Å². The van der Waals surface area contributed by atoms with Crippen LogP contribution in [0.4, 0.5) is 4.39 Å². The molecule has 0 spiro atoms. The van der Waals surface area contributed by atoms with Crippen LogP contribution in [0.2, 0.25) is 0 Å². The number of hydrogen-bond acceptors (Lipinski definition) is 3.